The van der Waals surface area contributed by atoms with Gasteiger partial charge in [0.2, 0.25) is 0 Å². The molecule has 1 N–H and O–H groups in total. The van der Waals surface area contributed by atoms with Crippen LogP contribution >= 0.6 is 0 Å². The van der Waals surface area contributed by atoms with Crippen LogP contribution in [-0.4, -0.2) is 20.9 Å². The summed E-state index contributed by atoms with van der Waals surface area (Å²) in [7, 11) is 0. The molecule has 0 spiro atoms. The third-order valence-corrected chi connectivity index (χ3v) is 1.92. The molecule has 0 aliphatic rings. The number of aromatic carboxylic acids is 1. The molecule has 0 saturated carbocycles. The first-order valence-corrected chi connectivity index (χ1v) is 4.01. The zero-order valence-corrected chi connectivity index (χ0v) is 8.04. The Balaban J connectivity index is 3.58. The Morgan fingerprint density at radius 1 is 1.25 bits per heavy atom. The number of hydrogen-bond donors (Lipinski definition) is 1. The van der Waals surface area contributed by atoms with Gasteiger partial charge in [0.1, 0.15) is 5.56 Å². The molecule has 0 radical (unpaired) electrons. The van der Waals surface area contributed by atoms with Crippen molar-refractivity contribution < 1.29 is 19.7 Å². The Hall–Kier alpha value is -2.51. The fraction of sp³-hybridized carbons (Fsp3) is 0.125. The normalized spacial score (nSPS) is 9.81. The van der Waals surface area contributed by atoms with E-state index in [1.54, 1.807) is 0 Å². The summed E-state index contributed by atoms with van der Waals surface area (Å²) in [6.07, 6.45) is 0. The predicted octanol–water partition coefficient (Wildman–Crippen LogP) is 1.51. The number of carbonyl (C=O) groups is 1. The van der Waals surface area contributed by atoms with Crippen LogP contribution in [0.25, 0.3) is 0 Å². The van der Waals surface area contributed by atoms with Gasteiger partial charge in [-0.2, -0.15) is 0 Å². The van der Waals surface area contributed by atoms with Gasteiger partial charge >= 0.3 is 5.97 Å². The van der Waals surface area contributed by atoms with Crippen LogP contribution in [0.15, 0.2) is 12.1 Å². The molecule has 8 heteroatoms. The van der Waals surface area contributed by atoms with Crippen molar-refractivity contribution in [1.82, 2.24) is 0 Å². The fourth-order valence-electron chi connectivity index (χ4n) is 1.28. The number of non-ortho nitro benzene ring substituents is 1. The van der Waals surface area contributed by atoms with Gasteiger partial charge in [-0.15, -0.1) is 0 Å². The zero-order chi connectivity index (χ0) is 12.5. The van der Waals surface area contributed by atoms with Gasteiger partial charge in [-0.3, -0.25) is 20.2 Å². The second-order valence-corrected chi connectivity index (χ2v) is 2.98. The van der Waals surface area contributed by atoms with Gasteiger partial charge in [0.15, 0.2) is 0 Å². The second-order valence-electron chi connectivity index (χ2n) is 2.98. The van der Waals surface area contributed by atoms with Gasteiger partial charge in [0.25, 0.3) is 11.4 Å². The van der Waals surface area contributed by atoms with Crippen molar-refractivity contribution in [3.8, 4) is 0 Å². The van der Waals surface area contributed by atoms with E-state index in [-0.39, 0.29) is 5.56 Å². The maximum Gasteiger partial charge on any atom is 0.343 e. The Morgan fingerprint density at radius 2 is 1.81 bits per heavy atom. The molecule has 0 fully saturated rings. The number of nitro groups is 2. The predicted molar refractivity (Wildman–Crippen MR) is 51.4 cm³/mol. The van der Waals surface area contributed by atoms with E-state index in [1.807, 2.05) is 0 Å². The molecule has 0 bridgehead atoms. The van der Waals surface area contributed by atoms with E-state index in [0.717, 1.165) is 6.07 Å². The van der Waals surface area contributed by atoms with E-state index in [2.05, 4.69) is 0 Å². The summed E-state index contributed by atoms with van der Waals surface area (Å²) in [5, 5.41) is 29.8. The zero-order valence-electron chi connectivity index (χ0n) is 8.04. The van der Waals surface area contributed by atoms with Crippen LogP contribution in [0, 0.1) is 27.2 Å². The number of nitro benzene ring substituents is 2. The summed E-state index contributed by atoms with van der Waals surface area (Å²) >= 11 is 0. The Kier molecular flexibility index (Phi) is 2.84. The van der Waals surface area contributed by atoms with Gasteiger partial charge in [-0.05, 0) is 12.5 Å². The maximum atomic E-state index is 10.8. The molecule has 84 valence electrons. The van der Waals surface area contributed by atoms with Crippen LogP contribution in [0.1, 0.15) is 15.9 Å². The van der Waals surface area contributed by atoms with E-state index in [9.17, 15) is 25.0 Å². The Bertz CT molecular complexity index is 496. The third kappa shape index (κ3) is 1.95. The molecule has 1 aromatic rings. The SMILES string of the molecule is Cc1cc([N+](=O)[O-])cc([N+](=O)[O-])c1C(=O)O. The number of carboxylic acids is 1. The summed E-state index contributed by atoms with van der Waals surface area (Å²) in [5.74, 6) is -1.49. The molecule has 0 heterocycles. The molecule has 1 aromatic carbocycles. The van der Waals surface area contributed by atoms with Crippen molar-refractivity contribution in [2.75, 3.05) is 0 Å². The van der Waals surface area contributed by atoms with Crippen LogP contribution in [-0.2, 0) is 0 Å². The van der Waals surface area contributed by atoms with Crippen molar-refractivity contribution in [1.29, 1.82) is 0 Å². The summed E-state index contributed by atoms with van der Waals surface area (Å²) in [6, 6.07) is 1.62. The summed E-state index contributed by atoms with van der Waals surface area (Å²) < 4.78 is 0. The lowest BCUT2D eigenvalue weighted by atomic mass is 10.1. The number of hydrogen-bond acceptors (Lipinski definition) is 5. The van der Waals surface area contributed by atoms with E-state index < -0.39 is 32.8 Å². The minimum absolute atomic E-state index is 0.0200. The summed E-state index contributed by atoms with van der Waals surface area (Å²) in [4.78, 5) is 30.0. The van der Waals surface area contributed by atoms with Crippen molar-refractivity contribution >= 4 is 17.3 Å². The van der Waals surface area contributed by atoms with Crippen molar-refractivity contribution in [3.63, 3.8) is 0 Å². The molecular formula is C8H6N2O6. The van der Waals surface area contributed by atoms with Gasteiger partial charge in [0.05, 0.1) is 15.9 Å². The summed E-state index contributed by atoms with van der Waals surface area (Å²) in [6.45, 7) is 1.27. The van der Waals surface area contributed by atoms with Gasteiger partial charge in [0, 0.05) is 6.07 Å². The van der Waals surface area contributed by atoms with Crippen molar-refractivity contribution in [3.05, 3.63) is 43.5 Å². The minimum Gasteiger partial charge on any atom is -0.477 e. The molecule has 1 rings (SSSR count). The molecule has 0 amide bonds. The van der Waals surface area contributed by atoms with Gasteiger partial charge in [-0.1, -0.05) is 0 Å². The highest BCUT2D eigenvalue weighted by atomic mass is 16.6. The van der Waals surface area contributed by atoms with E-state index in [4.69, 9.17) is 5.11 Å². The van der Waals surface area contributed by atoms with Crippen molar-refractivity contribution in [2.24, 2.45) is 0 Å². The number of benzene rings is 1. The van der Waals surface area contributed by atoms with Gasteiger partial charge in [-0.25, -0.2) is 4.79 Å². The summed E-state index contributed by atoms with van der Waals surface area (Å²) in [5.41, 5.74) is -1.84. The Labute approximate surface area is 88.4 Å². The number of rotatable bonds is 3. The first-order valence-electron chi connectivity index (χ1n) is 4.01. The molecule has 8 nitrogen and oxygen atoms in total. The standard InChI is InChI=1S/C8H6N2O6/c1-4-2-5(9(13)14)3-6(10(15)16)7(4)8(11)12/h2-3H,1H3,(H,11,12). The molecule has 16 heavy (non-hydrogen) atoms. The second kappa shape index (κ2) is 3.93. The van der Waals surface area contributed by atoms with E-state index in [0.29, 0.717) is 6.07 Å². The third-order valence-electron chi connectivity index (χ3n) is 1.92. The number of aryl methyl sites for hydroxylation is 1. The molecule has 0 atom stereocenters. The Morgan fingerprint density at radius 3 is 2.19 bits per heavy atom. The van der Waals surface area contributed by atoms with Crippen LogP contribution < -0.4 is 0 Å². The highest BCUT2D eigenvalue weighted by molar-refractivity contribution is 5.94. The van der Waals surface area contributed by atoms with Crippen molar-refractivity contribution in [2.45, 2.75) is 6.92 Å². The van der Waals surface area contributed by atoms with E-state index >= 15 is 0 Å². The van der Waals surface area contributed by atoms with E-state index in [1.165, 1.54) is 6.92 Å². The highest BCUT2D eigenvalue weighted by Crippen LogP contribution is 2.28. The average Bonchev–Trinajstić information content (AvgIpc) is 2.15. The van der Waals surface area contributed by atoms with Crippen LogP contribution in [0.3, 0.4) is 0 Å². The lowest BCUT2D eigenvalue weighted by Gasteiger charge is -2.01. The first kappa shape index (κ1) is 11.6. The van der Waals surface area contributed by atoms with Gasteiger partial charge < -0.3 is 5.11 Å². The molecular weight excluding hydrogens is 220 g/mol. The average molecular weight is 226 g/mol. The molecule has 0 aliphatic carbocycles. The minimum atomic E-state index is -1.49. The number of nitrogens with zero attached hydrogens (tertiary/aromatic N) is 2. The molecule has 0 saturated heterocycles. The quantitative estimate of drug-likeness (QED) is 0.615. The molecule has 0 aromatic heterocycles. The smallest absolute Gasteiger partial charge is 0.343 e. The van der Waals surface area contributed by atoms with Crippen LogP contribution in [0.2, 0.25) is 0 Å². The fourth-order valence-corrected chi connectivity index (χ4v) is 1.28. The molecule has 0 unspecified atom stereocenters. The maximum absolute atomic E-state index is 10.8. The lowest BCUT2D eigenvalue weighted by molar-refractivity contribution is -0.394. The lowest BCUT2D eigenvalue weighted by Crippen LogP contribution is -2.06. The first-order chi connectivity index (χ1) is 7.34. The highest BCUT2D eigenvalue weighted by Gasteiger charge is 2.26. The van der Waals surface area contributed by atoms with Crippen LogP contribution in [0.4, 0.5) is 11.4 Å². The topological polar surface area (TPSA) is 124 Å². The molecule has 0 aliphatic heterocycles. The number of carboxylic acid groups (broad SMARTS) is 1. The largest absolute Gasteiger partial charge is 0.477 e. The van der Waals surface area contributed by atoms with Crippen LogP contribution in [0.5, 0.6) is 0 Å². The monoisotopic (exact) mass is 226 g/mol.